The monoisotopic (exact) mass is 211 g/mol. The molecule has 1 amide bonds. The smallest absolute Gasteiger partial charge is 0.318 e. The second kappa shape index (κ2) is 4.72. The third-order valence-corrected chi connectivity index (χ3v) is 2.14. The molecule has 0 radical (unpaired) electrons. The van der Waals surface area contributed by atoms with E-state index in [2.05, 4.69) is 6.58 Å². The summed E-state index contributed by atoms with van der Waals surface area (Å²) in [6.45, 7) is 5.71. The van der Waals surface area contributed by atoms with Crippen LogP contribution in [0.2, 0.25) is 0 Å². The molecule has 0 bridgehead atoms. The number of ketones is 1. The maximum absolute atomic E-state index is 11.4. The number of carbonyl (C=O) groups excluding carboxylic acids is 3. The zero-order valence-electron chi connectivity index (χ0n) is 8.56. The van der Waals surface area contributed by atoms with Crippen molar-refractivity contribution in [3.63, 3.8) is 0 Å². The first-order valence-electron chi connectivity index (χ1n) is 4.72. The number of hydrogen-bond donors (Lipinski definition) is 0. The van der Waals surface area contributed by atoms with Gasteiger partial charge in [-0.05, 0) is 6.92 Å². The largest absolute Gasteiger partial charge is 0.465 e. The van der Waals surface area contributed by atoms with Crippen LogP contribution < -0.4 is 0 Å². The molecule has 5 heteroatoms. The molecule has 0 spiro atoms. The summed E-state index contributed by atoms with van der Waals surface area (Å²) in [5.74, 6) is -2.90. The Balaban J connectivity index is 2.70. The molecule has 5 nitrogen and oxygen atoms in total. The molecule has 1 atom stereocenters. The number of amides is 1. The van der Waals surface area contributed by atoms with Crippen LogP contribution in [-0.4, -0.2) is 42.3 Å². The van der Waals surface area contributed by atoms with Crippen molar-refractivity contribution in [3.05, 3.63) is 12.7 Å². The first kappa shape index (κ1) is 11.4. The number of carbonyl (C=O) groups is 3. The van der Waals surface area contributed by atoms with Crippen molar-refractivity contribution < 1.29 is 19.1 Å². The van der Waals surface area contributed by atoms with E-state index >= 15 is 0 Å². The first-order valence-corrected chi connectivity index (χ1v) is 4.72. The Morgan fingerprint density at radius 1 is 1.67 bits per heavy atom. The van der Waals surface area contributed by atoms with Gasteiger partial charge in [-0.2, -0.15) is 0 Å². The van der Waals surface area contributed by atoms with Crippen molar-refractivity contribution in [2.75, 3.05) is 19.7 Å². The molecule has 82 valence electrons. The number of likely N-dealkylation sites (tertiary alicyclic amines) is 1. The van der Waals surface area contributed by atoms with Gasteiger partial charge in [-0.3, -0.25) is 14.4 Å². The van der Waals surface area contributed by atoms with Crippen molar-refractivity contribution in [1.82, 2.24) is 4.90 Å². The van der Waals surface area contributed by atoms with Gasteiger partial charge in [0.2, 0.25) is 5.78 Å². The van der Waals surface area contributed by atoms with Crippen LogP contribution in [0.5, 0.6) is 0 Å². The highest BCUT2D eigenvalue weighted by Crippen LogP contribution is 2.15. The summed E-state index contributed by atoms with van der Waals surface area (Å²) in [4.78, 5) is 35.3. The average molecular weight is 211 g/mol. The molecule has 0 N–H and O–H groups in total. The predicted octanol–water partition coefficient (Wildman–Crippen LogP) is -0.237. The number of hydrogen-bond acceptors (Lipinski definition) is 4. The lowest BCUT2D eigenvalue weighted by atomic mass is 10.1. The Labute approximate surface area is 87.7 Å². The number of ether oxygens (including phenoxy) is 1. The predicted molar refractivity (Wildman–Crippen MR) is 51.9 cm³/mol. The van der Waals surface area contributed by atoms with Crippen LogP contribution in [-0.2, 0) is 19.1 Å². The highest BCUT2D eigenvalue weighted by Gasteiger charge is 2.43. The van der Waals surface area contributed by atoms with Crippen LogP contribution >= 0.6 is 0 Å². The highest BCUT2D eigenvalue weighted by atomic mass is 16.5. The molecule has 0 aliphatic carbocycles. The van der Waals surface area contributed by atoms with Crippen molar-refractivity contribution in [1.29, 1.82) is 0 Å². The van der Waals surface area contributed by atoms with Crippen LogP contribution in [0, 0.1) is 5.92 Å². The summed E-state index contributed by atoms with van der Waals surface area (Å²) in [5, 5.41) is 0. The molecule has 1 fully saturated rings. The van der Waals surface area contributed by atoms with Crippen LogP contribution in [0.25, 0.3) is 0 Å². The summed E-state index contributed by atoms with van der Waals surface area (Å²) in [7, 11) is 0. The molecule has 15 heavy (non-hydrogen) atoms. The van der Waals surface area contributed by atoms with E-state index < -0.39 is 23.6 Å². The topological polar surface area (TPSA) is 63.7 Å². The third-order valence-electron chi connectivity index (χ3n) is 2.14. The molecule has 1 aliphatic rings. The number of esters is 1. The molecular formula is C10H13NO4. The molecule has 0 aromatic heterocycles. The number of Topliss-reactive ketones (excluding diaryl/α,β-unsaturated/α-hetero) is 1. The first-order chi connectivity index (χ1) is 7.11. The van der Waals surface area contributed by atoms with Crippen molar-refractivity contribution in [2.45, 2.75) is 6.92 Å². The Kier molecular flexibility index (Phi) is 3.60. The Morgan fingerprint density at radius 3 is 2.87 bits per heavy atom. The van der Waals surface area contributed by atoms with Gasteiger partial charge < -0.3 is 9.64 Å². The Morgan fingerprint density at radius 2 is 2.33 bits per heavy atom. The van der Waals surface area contributed by atoms with Crippen LogP contribution in [0.1, 0.15) is 6.92 Å². The molecule has 1 saturated heterocycles. The molecule has 0 aromatic rings. The zero-order valence-corrected chi connectivity index (χ0v) is 8.56. The van der Waals surface area contributed by atoms with E-state index in [-0.39, 0.29) is 19.7 Å². The number of nitrogens with zero attached hydrogens (tertiary/aromatic N) is 1. The van der Waals surface area contributed by atoms with E-state index in [1.807, 2.05) is 0 Å². The van der Waals surface area contributed by atoms with Crippen molar-refractivity contribution >= 4 is 17.7 Å². The lowest BCUT2D eigenvalue weighted by Crippen LogP contribution is -2.27. The lowest BCUT2D eigenvalue weighted by Gasteiger charge is -2.11. The molecule has 0 saturated carbocycles. The summed E-state index contributed by atoms with van der Waals surface area (Å²) in [6.07, 6.45) is 1.51. The Hall–Kier alpha value is -1.65. The second-order valence-electron chi connectivity index (χ2n) is 3.17. The summed E-state index contributed by atoms with van der Waals surface area (Å²) < 4.78 is 4.71. The fourth-order valence-corrected chi connectivity index (χ4v) is 1.43. The van der Waals surface area contributed by atoms with Gasteiger partial charge in [0, 0.05) is 13.1 Å². The number of rotatable bonds is 4. The molecule has 1 unspecified atom stereocenters. The maximum Gasteiger partial charge on any atom is 0.318 e. The van der Waals surface area contributed by atoms with Gasteiger partial charge in [-0.25, -0.2) is 0 Å². The minimum Gasteiger partial charge on any atom is -0.465 e. The van der Waals surface area contributed by atoms with Crippen molar-refractivity contribution in [3.8, 4) is 0 Å². The average Bonchev–Trinajstić information content (AvgIpc) is 2.47. The molecule has 0 aromatic carbocycles. The van der Waals surface area contributed by atoms with Crippen molar-refractivity contribution in [2.24, 2.45) is 5.92 Å². The van der Waals surface area contributed by atoms with E-state index in [4.69, 9.17) is 4.74 Å². The minimum absolute atomic E-state index is 0.0997. The molecule has 1 heterocycles. The SMILES string of the molecule is C=CCN1CC(C(=O)OCC)C(=O)C1=O. The van der Waals surface area contributed by atoms with E-state index in [0.29, 0.717) is 0 Å². The van der Waals surface area contributed by atoms with Gasteiger partial charge in [0.1, 0.15) is 5.92 Å². The fraction of sp³-hybridized carbons (Fsp3) is 0.500. The molecule has 1 rings (SSSR count). The van der Waals surface area contributed by atoms with Gasteiger partial charge in [-0.1, -0.05) is 6.08 Å². The van der Waals surface area contributed by atoms with Gasteiger partial charge in [-0.15, -0.1) is 6.58 Å². The van der Waals surface area contributed by atoms with Gasteiger partial charge >= 0.3 is 5.97 Å². The fourth-order valence-electron chi connectivity index (χ4n) is 1.43. The molecular weight excluding hydrogens is 198 g/mol. The third kappa shape index (κ3) is 2.23. The second-order valence-corrected chi connectivity index (χ2v) is 3.17. The summed E-state index contributed by atoms with van der Waals surface area (Å²) in [6, 6.07) is 0. The van der Waals surface area contributed by atoms with E-state index in [1.54, 1.807) is 6.92 Å². The Bertz CT molecular complexity index is 311. The zero-order chi connectivity index (χ0) is 11.4. The van der Waals surface area contributed by atoms with Crippen LogP contribution in [0.15, 0.2) is 12.7 Å². The van der Waals surface area contributed by atoms with E-state index in [0.717, 1.165) is 0 Å². The van der Waals surface area contributed by atoms with Gasteiger partial charge in [0.05, 0.1) is 6.61 Å². The van der Waals surface area contributed by atoms with Gasteiger partial charge in [0.25, 0.3) is 5.91 Å². The van der Waals surface area contributed by atoms with Crippen LogP contribution in [0.3, 0.4) is 0 Å². The lowest BCUT2D eigenvalue weighted by molar-refractivity contribution is -0.151. The highest BCUT2D eigenvalue weighted by molar-refractivity contribution is 6.42. The standard InChI is InChI=1S/C10H13NO4/c1-3-5-11-6-7(8(12)9(11)13)10(14)15-4-2/h3,7H,1,4-6H2,2H3. The quantitative estimate of drug-likeness (QED) is 0.279. The maximum atomic E-state index is 11.4. The van der Waals surface area contributed by atoms with E-state index in [1.165, 1.54) is 11.0 Å². The van der Waals surface area contributed by atoms with Gasteiger partial charge in [0.15, 0.2) is 0 Å². The molecule has 1 aliphatic heterocycles. The minimum atomic E-state index is -0.961. The normalized spacial score (nSPS) is 20.6. The summed E-state index contributed by atoms with van der Waals surface area (Å²) in [5.41, 5.74) is 0. The summed E-state index contributed by atoms with van der Waals surface area (Å²) >= 11 is 0. The van der Waals surface area contributed by atoms with Crippen LogP contribution in [0.4, 0.5) is 0 Å². The van der Waals surface area contributed by atoms with E-state index in [9.17, 15) is 14.4 Å².